The highest BCUT2D eigenvalue weighted by Gasteiger charge is 2.47. The van der Waals surface area contributed by atoms with Gasteiger partial charge in [-0.1, -0.05) is 37.1 Å². The van der Waals surface area contributed by atoms with Gasteiger partial charge in [-0.3, -0.25) is 0 Å². The molecule has 4 unspecified atom stereocenters. The fourth-order valence-electron chi connectivity index (χ4n) is 5.05. The lowest BCUT2D eigenvalue weighted by atomic mass is 9.53. The minimum atomic E-state index is 0.374. The van der Waals surface area contributed by atoms with Gasteiger partial charge in [-0.05, 0) is 82.4 Å². The van der Waals surface area contributed by atoms with Crippen LogP contribution in [0.2, 0.25) is 0 Å². The molecule has 1 nitrogen and oxygen atoms in total. The highest BCUT2D eigenvalue weighted by atomic mass is 15.1. The molecule has 2 rings (SSSR count). The van der Waals surface area contributed by atoms with Crippen LogP contribution in [0.25, 0.3) is 0 Å². The van der Waals surface area contributed by atoms with Crippen molar-refractivity contribution in [3.63, 3.8) is 0 Å². The van der Waals surface area contributed by atoms with Crippen LogP contribution < -0.4 is 0 Å². The van der Waals surface area contributed by atoms with Crippen LogP contribution in [0.15, 0.2) is 35.6 Å². The summed E-state index contributed by atoms with van der Waals surface area (Å²) in [7, 11) is 2.19. The summed E-state index contributed by atoms with van der Waals surface area (Å²) >= 11 is 0. The minimum Gasteiger partial charge on any atom is -0.378 e. The number of fused-ring (bicyclic) bond motifs is 1. The quantitative estimate of drug-likeness (QED) is 0.620. The van der Waals surface area contributed by atoms with Gasteiger partial charge in [0, 0.05) is 13.1 Å². The van der Waals surface area contributed by atoms with Gasteiger partial charge in [0.05, 0.1) is 0 Å². The number of rotatable bonds is 4. The van der Waals surface area contributed by atoms with Crippen molar-refractivity contribution in [2.45, 2.75) is 72.8 Å². The predicted molar refractivity (Wildman–Crippen MR) is 97.7 cm³/mol. The first-order valence-electron chi connectivity index (χ1n) is 9.01. The molecule has 0 N–H and O–H groups in total. The number of hydrogen-bond acceptors (Lipinski definition) is 1. The molecule has 1 heteroatoms. The van der Waals surface area contributed by atoms with E-state index in [0.29, 0.717) is 11.5 Å². The second-order valence-electron chi connectivity index (χ2n) is 8.12. The van der Waals surface area contributed by atoms with E-state index in [9.17, 15) is 0 Å². The van der Waals surface area contributed by atoms with Crippen LogP contribution in [0.5, 0.6) is 0 Å². The Morgan fingerprint density at radius 2 is 2.05 bits per heavy atom. The molecule has 2 aliphatic carbocycles. The van der Waals surface area contributed by atoms with Crippen LogP contribution in [0.3, 0.4) is 0 Å². The number of allylic oxidation sites excluding steroid dienone is 4. The van der Waals surface area contributed by atoms with Crippen molar-refractivity contribution in [1.29, 1.82) is 0 Å². The van der Waals surface area contributed by atoms with Crippen molar-refractivity contribution in [1.82, 2.24) is 4.90 Å². The number of hydrogen-bond donors (Lipinski definition) is 0. The van der Waals surface area contributed by atoms with Gasteiger partial charge in [0.15, 0.2) is 0 Å². The van der Waals surface area contributed by atoms with Crippen LogP contribution in [-0.4, -0.2) is 18.0 Å². The fourth-order valence-corrected chi connectivity index (χ4v) is 5.05. The van der Waals surface area contributed by atoms with Crippen LogP contribution in [-0.2, 0) is 0 Å². The summed E-state index contributed by atoms with van der Waals surface area (Å²) in [4.78, 5) is 2.32. The third-order valence-electron chi connectivity index (χ3n) is 6.46. The summed E-state index contributed by atoms with van der Waals surface area (Å²) in [5.74, 6) is 1.60. The smallest absolute Gasteiger partial charge is 0.0283 e. The molecule has 0 saturated heterocycles. The monoisotopic (exact) mass is 301 g/mol. The maximum absolute atomic E-state index is 3.97. The summed E-state index contributed by atoms with van der Waals surface area (Å²) in [6, 6.07) is 0.591. The molecular weight excluding hydrogens is 266 g/mol. The Labute approximate surface area is 138 Å². The van der Waals surface area contributed by atoms with Crippen molar-refractivity contribution in [3.05, 3.63) is 35.6 Å². The molecule has 1 saturated carbocycles. The van der Waals surface area contributed by atoms with Crippen LogP contribution in [0.1, 0.15) is 66.7 Å². The predicted octanol–water partition coefficient (Wildman–Crippen LogP) is 5.95. The fraction of sp³-hybridized carbons (Fsp3) is 0.714. The molecule has 0 spiro atoms. The molecule has 124 valence electrons. The molecule has 0 radical (unpaired) electrons. The Morgan fingerprint density at radius 1 is 1.36 bits per heavy atom. The van der Waals surface area contributed by atoms with E-state index in [1.807, 2.05) is 6.20 Å². The molecular formula is C21H35N. The van der Waals surface area contributed by atoms with Gasteiger partial charge in [0.2, 0.25) is 0 Å². The van der Waals surface area contributed by atoms with E-state index in [1.54, 1.807) is 11.1 Å². The molecule has 0 heterocycles. The van der Waals surface area contributed by atoms with Gasteiger partial charge in [-0.15, -0.1) is 0 Å². The first-order chi connectivity index (χ1) is 10.3. The van der Waals surface area contributed by atoms with E-state index in [4.69, 9.17) is 0 Å². The second-order valence-corrected chi connectivity index (χ2v) is 8.12. The molecule has 0 aromatic rings. The third kappa shape index (κ3) is 3.05. The lowest BCUT2D eigenvalue weighted by Gasteiger charge is -2.53. The molecule has 0 aromatic carbocycles. The SMILES string of the molecule is C=CN(C)C(C)C1CCCC2(C)C(C=C(C)C)=C(C)CCC12. The average Bonchev–Trinajstić information content (AvgIpc) is 2.48. The second kappa shape index (κ2) is 6.64. The van der Waals surface area contributed by atoms with E-state index in [2.05, 4.69) is 59.2 Å². The van der Waals surface area contributed by atoms with Crippen molar-refractivity contribution in [3.8, 4) is 0 Å². The third-order valence-corrected chi connectivity index (χ3v) is 6.46. The summed E-state index contributed by atoms with van der Waals surface area (Å²) in [6.07, 6.45) is 11.2. The number of nitrogens with zero attached hydrogens (tertiary/aromatic N) is 1. The Balaban J connectivity index is 2.38. The van der Waals surface area contributed by atoms with E-state index in [-0.39, 0.29) is 0 Å². The van der Waals surface area contributed by atoms with Crippen molar-refractivity contribution in [2.24, 2.45) is 17.3 Å². The summed E-state index contributed by atoms with van der Waals surface area (Å²) in [5, 5.41) is 0. The topological polar surface area (TPSA) is 3.24 Å². The highest BCUT2D eigenvalue weighted by Crippen LogP contribution is 2.56. The highest BCUT2D eigenvalue weighted by molar-refractivity contribution is 5.36. The molecule has 4 atom stereocenters. The minimum absolute atomic E-state index is 0.374. The Morgan fingerprint density at radius 3 is 2.64 bits per heavy atom. The van der Waals surface area contributed by atoms with E-state index >= 15 is 0 Å². The van der Waals surface area contributed by atoms with E-state index < -0.39 is 0 Å². The molecule has 0 bridgehead atoms. The Kier molecular flexibility index (Phi) is 5.25. The van der Waals surface area contributed by atoms with Gasteiger partial charge >= 0.3 is 0 Å². The summed E-state index contributed by atoms with van der Waals surface area (Å²) in [5.41, 5.74) is 5.10. The first-order valence-corrected chi connectivity index (χ1v) is 9.01. The molecule has 1 fully saturated rings. The van der Waals surface area contributed by atoms with Gasteiger partial charge in [0.1, 0.15) is 0 Å². The standard InChI is InChI=1S/C21H35N/c1-8-22(7)17(5)18-10-9-13-21(6)19(18)12-11-16(4)20(21)14-15(2)3/h8,14,17-19H,1,9-13H2,2-7H3. The summed E-state index contributed by atoms with van der Waals surface area (Å²) < 4.78 is 0. The molecule has 0 amide bonds. The van der Waals surface area contributed by atoms with Gasteiger partial charge in [-0.2, -0.15) is 0 Å². The normalized spacial score (nSPS) is 33.0. The molecule has 2 aliphatic rings. The largest absolute Gasteiger partial charge is 0.378 e. The Bertz CT molecular complexity index is 480. The van der Waals surface area contributed by atoms with Crippen molar-refractivity contribution < 1.29 is 0 Å². The zero-order valence-electron chi connectivity index (χ0n) is 15.6. The van der Waals surface area contributed by atoms with Crippen LogP contribution >= 0.6 is 0 Å². The maximum Gasteiger partial charge on any atom is 0.0283 e. The average molecular weight is 302 g/mol. The molecule has 0 aliphatic heterocycles. The van der Waals surface area contributed by atoms with E-state index in [1.165, 1.54) is 37.7 Å². The van der Waals surface area contributed by atoms with Crippen LogP contribution in [0.4, 0.5) is 0 Å². The van der Waals surface area contributed by atoms with Gasteiger partial charge < -0.3 is 4.90 Å². The van der Waals surface area contributed by atoms with Crippen LogP contribution in [0, 0.1) is 17.3 Å². The van der Waals surface area contributed by atoms with Crippen molar-refractivity contribution >= 4 is 0 Å². The Hall–Kier alpha value is -0.980. The lowest BCUT2D eigenvalue weighted by molar-refractivity contribution is 0.0352. The van der Waals surface area contributed by atoms with Crippen molar-refractivity contribution in [2.75, 3.05) is 7.05 Å². The first kappa shape index (κ1) is 17.4. The zero-order valence-corrected chi connectivity index (χ0v) is 15.6. The van der Waals surface area contributed by atoms with Gasteiger partial charge in [-0.25, -0.2) is 0 Å². The lowest BCUT2D eigenvalue weighted by Crippen LogP contribution is -2.47. The molecule has 0 aromatic heterocycles. The molecule has 22 heavy (non-hydrogen) atoms. The summed E-state index contributed by atoms with van der Waals surface area (Å²) in [6.45, 7) is 15.7. The zero-order chi connectivity index (χ0) is 16.5. The maximum atomic E-state index is 3.97. The van der Waals surface area contributed by atoms with Gasteiger partial charge in [0.25, 0.3) is 0 Å². The van der Waals surface area contributed by atoms with E-state index in [0.717, 1.165) is 11.8 Å².